The van der Waals surface area contributed by atoms with Crippen LogP contribution in [-0.4, -0.2) is 14.3 Å². The third-order valence-electron chi connectivity index (χ3n) is 3.89. The number of benzene rings is 3. The van der Waals surface area contributed by atoms with E-state index in [9.17, 15) is 13.2 Å². The average Bonchev–Trinajstić information content (AvgIpc) is 2.74. The van der Waals surface area contributed by atoms with E-state index in [4.69, 9.17) is 4.84 Å². The van der Waals surface area contributed by atoms with Gasteiger partial charge in [-0.15, -0.1) is 0 Å². The standard InChI is InChI=1S/C22H20N2O4S/c25-22(23-28-17-19-9-5-2-6-10-19)20-11-13-21(14-12-20)24-29(26,27)16-15-18-7-3-1-4-8-18/h1-16,24H,17H2,(H,23,25). The van der Waals surface area contributed by atoms with E-state index in [2.05, 4.69) is 10.2 Å². The largest absolute Gasteiger partial charge is 0.280 e. The van der Waals surface area contributed by atoms with Gasteiger partial charge in [-0.05, 0) is 41.5 Å². The molecule has 6 nitrogen and oxygen atoms in total. The molecule has 2 N–H and O–H groups in total. The van der Waals surface area contributed by atoms with Gasteiger partial charge in [0.15, 0.2) is 0 Å². The highest BCUT2D eigenvalue weighted by Crippen LogP contribution is 2.13. The molecule has 0 aliphatic carbocycles. The predicted octanol–water partition coefficient (Wildman–Crippen LogP) is 3.96. The fourth-order valence-corrected chi connectivity index (χ4v) is 3.31. The van der Waals surface area contributed by atoms with Crippen LogP contribution in [0.3, 0.4) is 0 Å². The van der Waals surface area contributed by atoms with Crippen molar-refractivity contribution in [2.75, 3.05) is 4.72 Å². The van der Waals surface area contributed by atoms with Crippen LogP contribution < -0.4 is 10.2 Å². The molecule has 0 fully saturated rings. The molecule has 0 unspecified atom stereocenters. The van der Waals surface area contributed by atoms with Crippen LogP contribution in [0.5, 0.6) is 0 Å². The highest BCUT2D eigenvalue weighted by molar-refractivity contribution is 7.95. The maximum atomic E-state index is 12.2. The summed E-state index contributed by atoms with van der Waals surface area (Å²) in [7, 11) is -3.67. The number of sulfonamides is 1. The molecular weight excluding hydrogens is 388 g/mol. The lowest BCUT2D eigenvalue weighted by atomic mass is 10.2. The Labute approximate surface area is 169 Å². The van der Waals surface area contributed by atoms with Crippen molar-refractivity contribution >= 4 is 27.7 Å². The first-order chi connectivity index (χ1) is 14.0. The Morgan fingerprint density at radius 1 is 0.862 bits per heavy atom. The highest BCUT2D eigenvalue weighted by Gasteiger charge is 2.09. The van der Waals surface area contributed by atoms with Gasteiger partial charge in [-0.25, -0.2) is 13.9 Å². The van der Waals surface area contributed by atoms with E-state index < -0.39 is 15.9 Å². The number of hydrogen-bond donors (Lipinski definition) is 2. The van der Waals surface area contributed by atoms with Gasteiger partial charge < -0.3 is 0 Å². The van der Waals surface area contributed by atoms with Gasteiger partial charge in [0.25, 0.3) is 15.9 Å². The lowest BCUT2D eigenvalue weighted by Crippen LogP contribution is -2.23. The summed E-state index contributed by atoms with van der Waals surface area (Å²) in [5.41, 5.74) is 4.77. The first kappa shape index (κ1) is 20.3. The van der Waals surface area contributed by atoms with Crippen LogP contribution in [-0.2, 0) is 21.5 Å². The van der Waals surface area contributed by atoms with Gasteiger partial charge in [-0.3, -0.25) is 14.4 Å². The molecule has 3 aromatic carbocycles. The van der Waals surface area contributed by atoms with Gasteiger partial charge in [0, 0.05) is 11.3 Å². The van der Waals surface area contributed by atoms with E-state index in [1.165, 1.54) is 30.3 Å². The minimum Gasteiger partial charge on any atom is -0.280 e. The summed E-state index contributed by atoms with van der Waals surface area (Å²) in [5.74, 6) is -0.417. The van der Waals surface area contributed by atoms with Crippen molar-refractivity contribution in [1.82, 2.24) is 5.48 Å². The zero-order chi connectivity index (χ0) is 20.5. The maximum Gasteiger partial charge on any atom is 0.274 e. The van der Waals surface area contributed by atoms with Crippen LogP contribution in [0.4, 0.5) is 5.69 Å². The third-order valence-corrected chi connectivity index (χ3v) is 4.91. The summed E-state index contributed by atoms with van der Waals surface area (Å²) in [5, 5.41) is 1.10. The molecule has 3 aromatic rings. The van der Waals surface area contributed by atoms with Gasteiger partial charge in [0.05, 0.1) is 12.0 Å². The predicted molar refractivity (Wildman–Crippen MR) is 113 cm³/mol. The van der Waals surface area contributed by atoms with Crippen molar-refractivity contribution in [2.45, 2.75) is 6.61 Å². The summed E-state index contributed by atoms with van der Waals surface area (Å²) in [6, 6.07) is 24.6. The Hall–Kier alpha value is -3.42. The highest BCUT2D eigenvalue weighted by atomic mass is 32.2. The van der Waals surface area contributed by atoms with Crippen LogP contribution in [0, 0.1) is 0 Å². The Morgan fingerprint density at radius 2 is 1.48 bits per heavy atom. The molecular formula is C22H20N2O4S. The van der Waals surface area contributed by atoms with Crippen molar-refractivity contribution in [3.8, 4) is 0 Å². The first-order valence-corrected chi connectivity index (χ1v) is 10.4. The van der Waals surface area contributed by atoms with Crippen LogP contribution in [0.1, 0.15) is 21.5 Å². The van der Waals surface area contributed by atoms with Gasteiger partial charge in [0.1, 0.15) is 0 Å². The van der Waals surface area contributed by atoms with Gasteiger partial charge in [0.2, 0.25) is 0 Å². The van der Waals surface area contributed by atoms with E-state index in [1.807, 2.05) is 48.5 Å². The second kappa shape index (κ2) is 9.68. The van der Waals surface area contributed by atoms with Crippen molar-refractivity contribution in [2.24, 2.45) is 0 Å². The lowest BCUT2D eigenvalue weighted by Gasteiger charge is -2.08. The molecule has 0 saturated carbocycles. The molecule has 0 saturated heterocycles. The fourth-order valence-electron chi connectivity index (χ4n) is 2.44. The number of amides is 1. The third kappa shape index (κ3) is 6.60. The molecule has 0 atom stereocenters. The minimum absolute atomic E-state index is 0.248. The van der Waals surface area contributed by atoms with Crippen LogP contribution in [0.15, 0.2) is 90.3 Å². The monoisotopic (exact) mass is 408 g/mol. The van der Waals surface area contributed by atoms with E-state index in [-0.39, 0.29) is 6.61 Å². The number of rotatable bonds is 8. The lowest BCUT2D eigenvalue weighted by molar-refractivity contribution is 0.0233. The molecule has 0 spiro atoms. The summed E-state index contributed by atoms with van der Waals surface area (Å²) in [4.78, 5) is 17.3. The quantitative estimate of drug-likeness (QED) is 0.553. The van der Waals surface area contributed by atoms with E-state index in [1.54, 1.807) is 12.1 Å². The van der Waals surface area contributed by atoms with Crippen molar-refractivity contribution in [3.05, 3.63) is 107 Å². The second-order valence-electron chi connectivity index (χ2n) is 6.14. The molecule has 0 heterocycles. The average molecular weight is 408 g/mol. The normalized spacial score (nSPS) is 11.3. The summed E-state index contributed by atoms with van der Waals surface area (Å²) in [6.45, 7) is 0.248. The molecule has 1 amide bonds. The minimum atomic E-state index is -3.67. The van der Waals surface area contributed by atoms with Crippen molar-refractivity contribution < 1.29 is 18.0 Å². The summed E-state index contributed by atoms with van der Waals surface area (Å²) >= 11 is 0. The van der Waals surface area contributed by atoms with E-state index >= 15 is 0 Å². The molecule has 0 aliphatic rings. The SMILES string of the molecule is O=C(NOCc1ccccc1)c1ccc(NS(=O)(=O)C=Cc2ccccc2)cc1. The number of carbonyl (C=O) groups excluding carboxylic acids is 1. The van der Waals surface area contributed by atoms with Crippen molar-refractivity contribution in [1.29, 1.82) is 0 Å². The molecule has 0 aliphatic heterocycles. The first-order valence-electron chi connectivity index (χ1n) is 8.84. The topological polar surface area (TPSA) is 84.5 Å². The number of nitrogens with one attached hydrogen (secondary N) is 2. The zero-order valence-corrected chi connectivity index (χ0v) is 16.3. The van der Waals surface area contributed by atoms with Crippen molar-refractivity contribution in [3.63, 3.8) is 0 Å². The summed E-state index contributed by atoms with van der Waals surface area (Å²) in [6.07, 6.45) is 1.51. The summed E-state index contributed by atoms with van der Waals surface area (Å²) < 4.78 is 26.8. The Morgan fingerprint density at radius 3 is 2.14 bits per heavy atom. The van der Waals surface area contributed by atoms with Gasteiger partial charge >= 0.3 is 0 Å². The maximum absolute atomic E-state index is 12.2. The molecule has 0 radical (unpaired) electrons. The molecule has 29 heavy (non-hydrogen) atoms. The number of hydrogen-bond acceptors (Lipinski definition) is 4. The Kier molecular flexibility index (Phi) is 6.78. The Balaban J connectivity index is 1.53. The fraction of sp³-hybridized carbons (Fsp3) is 0.0455. The van der Waals surface area contributed by atoms with Gasteiger partial charge in [-0.2, -0.15) is 0 Å². The van der Waals surface area contributed by atoms with Gasteiger partial charge in [-0.1, -0.05) is 60.7 Å². The second-order valence-corrected chi connectivity index (χ2v) is 7.71. The number of carbonyl (C=O) groups is 1. The van der Waals surface area contributed by atoms with E-state index in [0.717, 1.165) is 16.5 Å². The number of hydroxylamine groups is 1. The molecule has 0 bridgehead atoms. The zero-order valence-electron chi connectivity index (χ0n) is 15.5. The Bertz CT molecular complexity index is 1060. The molecule has 0 aromatic heterocycles. The molecule has 3 rings (SSSR count). The van der Waals surface area contributed by atoms with Crippen LogP contribution in [0.25, 0.3) is 6.08 Å². The smallest absolute Gasteiger partial charge is 0.274 e. The number of anilines is 1. The van der Waals surface area contributed by atoms with Crippen LogP contribution >= 0.6 is 0 Å². The van der Waals surface area contributed by atoms with Crippen LogP contribution in [0.2, 0.25) is 0 Å². The van der Waals surface area contributed by atoms with E-state index in [0.29, 0.717) is 11.3 Å². The molecule has 7 heteroatoms. The molecule has 148 valence electrons.